The number of nitrogens with zero attached hydrogens (tertiary/aromatic N) is 2. The molecule has 6 heteroatoms. The molecule has 5 nitrogen and oxygen atoms in total. The number of benzene rings is 1. The van der Waals surface area contributed by atoms with Crippen molar-refractivity contribution in [3.63, 3.8) is 0 Å². The van der Waals surface area contributed by atoms with Crippen LogP contribution < -0.4 is 5.32 Å². The van der Waals surface area contributed by atoms with E-state index >= 15 is 0 Å². The zero-order valence-corrected chi connectivity index (χ0v) is 10.7. The minimum atomic E-state index is -0.131. The van der Waals surface area contributed by atoms with Gasteiger partial charge in [-0.2, -0.15) is 4.98 Å². The van der Waals surface area contributed by atoms with Crippen molar-refractivity contribution in [1.82, 2.24) is 10.1 Å². The number of halogens is 1. The van der Waals surface area contributed by atoms with Gasteiger partial charge in [0, 0.05) is 0 Å². The van der Waals surface area contributed by atoms with Crippen molar-refractivity contribution in [1.29, 1.82) is 0 Å². The summed E-state index contributed by atoms with van der Waals surface area (Å²) in [6.45, 7) is 1.74. The number of rotatable bonds is 3. The second-order valence-electron chi connectivity index (χ2n) is 3.37. The van der Waals surface area contributed by atoms with Crippen LogP contribution in [0.4, 0.5) is 5.69 Å². The summed E-state index contributed by atoms with van der Waals surface area (Å²) in [5.41, 5.74) is 1.36. The van der Waals surface area contributed by atoms with Gasteiger partial charge in [0.2, 0.25) is 5.91 Å². The normalized spacial score (nSPS) is 10.2. The molecule has 0 aliphatic heterocycles. The molecule has 2 aromatic rings. The maximum atomic E-state index is 11.3. The molecular weight excluding hydrogens is 286 g/mol. The SMILES string of the molecule is Cc1noc(-c2ccccc2NC(=O)CBr)n1. The highest BCUT2D eigenvalue weighted by atomic mass is 79.9. The Morgan fingerprint density at radius 1 is 1.47 bits per heavy atom. The van der Waals surface area contributed by atoms with Crippen LogP contribution in [0.2, 0.25) is 0 Å². The average Bonchev–Trinajstić information content (AvgIpc) is 2.76. The number of alkyl halides is 1. The van der Waals surface area contributed by atoms with E-state index in [0.717, 1.165) is 0 Å². The van der Waals surface area contributed by atoms with Gasteiger partial charge >= 0.3 is 0 Å². The van der Waals surface area contributed by atoms with E-state index in [1.165, 1.54) is 0 Å². The lowest BCUT2D eigenvalue weighted by Crippen LogP contribution is -2.12. The fourth-order valence-corrected chi connectivity index (χ4v) is 1.51. The summed E-state index contributed by atoms with van der Waals surface area (Å²) in [4.78, 5) is 15.5. The molecule has 0 saturated heterocycles. The van der Waals surface area contributed by atoms with E-state index in [1.807, 2.05) is 18.2 Å². The summed E-state index contributed by atoms with van der Waals surface area (Å²) in [6, 6.07) is 7.28. The molecule has 0 unspecified atom stereocenters. The van der Waals surface area contributed by atoms with Crippen LogP contribution in [0.3, 0.4) is 0 Å². The summed E-state index contributed by atoms with van der Waals surface area (Å²) >= 11 is 3.09. The van der Waals surface area contributed by atoms with Gasteiger partial charge in [-0.15, -0.1) is 0 Å². The van der Waals surface area contributed by atoms with E-state index in [1.54, 1.807) is 13.0 Å². The Kier molecular flexibility index (Phi) is 3.53. The fourth-order valence-electron chi connectivity index (χ4n) is 1.37. The molecule has 17 heavy (non-hydrogen) atoms. The molecule has 0 radical (unpaired) electrons. The zero-order valence-electron chi connectivity index (χ0n) is 9.11. The molecule has 2 rings (SSSR count). The van der Waals surface area contributed by atoms with Gasteiger partial charge in [-0.25, -0.2) is 0 Å². The highest BCUT2D eigenvalue weighted by Crippen LogP contribution is 2.26. The predicted octanol–water partition coefficient (Wildman–Crippen LogP) is 2.38. The molecular formula is C11H10BrN3O2. The van der Waals surface area contributed by atoms with Crippen molar-refractivity contribution in [2.24, 2.45) is 0 Å². The Morgan fingerprint density at radius 2 is 2.24 bits per heavy atom. The number of aryl methyl sites for hydroxylation is 1. The third kappa shape index (κ3) is 2.71. The zero-order chi connectivity index (χ0) is 12.3. The number of anilines is 1. The molecule has 0 atom stereocenters. The van der Waals surface area contributed by atoms with Crippen LogP contribution in [-0.2, 0) is 4.79 Å². The van der Waals surface area contributed by atoms with Crippen molar-refractivity contribution in [3.05, 3.63) is 30.1 Å². The lowest BCUT2D eigenvalue weighted by Gasteiger charge is -2.06. The van der Waals surface area contributed by atoms with Gasteiger partial charge in [0.15, 0.2) is 5.82 Å². The summed E-state index contributed by atoms with van der Waals surface area (Å²) in [6.07, 6.45) is 0. The highest BCUT2D eigenvalue weighted by molar-refractivity contribution is 9.09. The second kappa shape index (κ2) is 5.09. The van der Waals surface area contributed by atoms with Gasteiger partial charge < -0.3 is 9.84 Å². The number of amides is 1. The smallest absolute Gasteiger partial charge is 0.260 e. The number of hydrogen-bond donors (Lipinski definition) is 1. The first-order chi connectivity index (χ1) is 8.20. The van der Waals surface area contributed by atoms with E-state index in [4.69, 9.17) is 4.52 Å². The number of hydrogen-bond acceptors (Lipinski definition) is 4. The fraction of sp³-hybridized carbons (Fsp3) is 0.182. The van der Waals surface area contributed by atoms with Crippen LogP contribution in [0.1, 0.15) is 5.82 Å². The van der Waals surface area contributed by atoms with Gasteiger partial charge in [-0.05, 0) is 19.1 Å². The lowest BCUT2D eigenvalue weighted by molar-refractivity contribution is -0.113. The lowest BCUT2D eigenvalue weighted by atomic mass is 10.2. The van der Waals surface area contributed by atoms with Crippen molar-refractivity contribution in [2.45, 2.75) is 6.92 Å². The third-order valence-electron chi connectivity index (χ3n) is 2.08. The third-order valence-corrected chi connectivity index (χ3v) is 2.59. The Labute approximate surface area is 106 Å². The first-order valence-corrected chi connectivity index (χ1v) is 6.08. The highest BCUT2D eigenvalue weighted by Gasteiger charge is 2.12. The van der Waals surface area contributed by atoms with Crippen LogP contribution in [0, 0.1) is 6.92 Å². The molecule has 0 aliphatic carbocycles. The summed E-state index contributed by atoms with van der Waals surface area (Å²) < 4.78 is 5.08. The van der Waals surface area contributed by atoms with Crippen LogP contribution in [0.15, 0.2) is 28.8 Å². The molecule has 1 aromatic heterocycles. The largest absolute Gasteiger partial charge is 0.334 e. The van der Waals surface area contributed by atoms with Crippen molar-refractivity contribution in [3.8, 4) is 11.5 Å². The van der Waals surface area contributed by atoms with Gasteiger partial charge in [-0.3, -0.25) is 4.79 Å². The van der Waals surface area contributed by atoms with Gasteiger partial charge in [-0.1, -0.05) is 33.2 Å². The van der Waals surface area contributed by atoms with Crippen LogP contribution in [0.5, 0.6) is 0 Å². The molecule has 0 spiro atoms. The minimum absolute atomic E-state index is 0.131. The van der Waals surface area contributed by atoms with Crippen molar-refractivity contribution in [2.75, 3.05) is 10.6 Å². The molecule has 0 bridgehead atoms. The van der Waals surface area contributed by atoms with E-state index < -0.39 is 0 Å². The Morgan fingerprint density at radius 3 is 2.88 bits per heavy atom. The Balaban J connectivity index is 2.37. The summed E-state index contributed by atoms with van der Waals surface area (Å²) in [5.74, 6) is 0.822. The van der Waals surface area contributed by atoms with Crippen LogP contribution in [-0.4, -0.2) is 21.4 Å². The molecule has 1 N–H and O–H groups in total. The van der Waals surface area contributed by atoms with Crippen molar-refractivity contribution < 1.29 is 9.32 Å². The predicted molar refractivity (Wildman–Crippen MR) is 66.9 cm³/mol. The van der Waals surface area contributed by atoms with Crippen molar-refractivity contribution >= 4 is 27.5 Å². The second-order valence-corrected chi connectivity index (χ2v) is 3.93. The molecule has 1 amide bonds. The van der Waals surface area contributed by atoms with E-state index in [-0.39, 0.29) is 11.2 Å². The number of carbonyl (C=O) groups excluding carboxylic acids is 1. The molecule has 0 saturated carbocycles. The molecule has 0 fully saturated rings. The van der Waals surface area contributed by atoms with Gasteiger partial charge in [0.1, 0.15) is 0 Å². The van der Waals surface area contributed by atoms with Crippen LogP contribution in [0.25, 0.3) is 11.5 Å². The van der Waals surface area contributed by atoms with E-state index in [9.17, 15) is 4.79 Å². The average molecular weight is 296 g/mol. The van der Waals surface area contributed by atoms with E-state index in [0.29, 0.717) is 23.0 Å². The summed E-state index contributed by atoms with van der Waals surface area (Å²) in [5, 5.41) is 6.72. The van der Waals surface area contributed by atoms with Gasteiger partial charge in [0.05, 0.1) is 16.6 Å². The molecule has 1 aromatic carbocycles. The molecule has 88 valence electrons. The maximum absolute atomic E-state index is 11.3. The first kappa shape index (κ1) is 11.8. The monoisotopic (exact) mass is 295 g/mol. The summed E-state index contributed by atoms with van der Waals surface area (Å²) in [7, 11) is 0. The number of carbonyl (C=O) groups is 1. The topological polar surface area (TPSA) is 68.0 Å². The van der Waals surface area contributed by atoms with Crippen LogP contribution >= 0.6 is 15.9 Å². The molecule has 1 heterocycles. The number of para-hydroxylation sites is 1. The van der Waals surface area contributed by atoms with Gasteiger partial charge in [0.25, 0.3) is 5.89 Å². The Hall–Kier alpha value is -1.69. The maximum Gasteiger partial charge on any atom is 0.260 e. The quantitative estimate of drug-likeness (QED) is 0.883. The van der Waals surface area contributed by atoms with E-state index in [2.05, 4.69) is 31.4 Å². The minimum Gasteiger partial charge on any atom is -0.334 e. The number of nitrogens with one attached hydrogen (secondary N) is 1. The Bertz CT molecular complexity index is 539. The number of aromatic nitrogens is 2. The molecule has 0 aliphatic rings. The standard InChI is InChI=1S/C11H10BrN3O2/c1-7-13-11(17-15-7)8-4-2-3-5-9(8)14-10(16)6-12/h2-5H,6H2,1H3,(H,14,16). The first-order valence-electron chi connectivity index (χ1n) is 4.96.